The number of aromatic nitrogens is 1. The lowest BCUT2D eigenvalue weighted by Crippen LogP contribution is -2.26. The highest BCUT2D eigenvalue weighted by molar-refractivity contribution is 5.97. The third-order valence-corrected chi connectivity index (χ3v) is 2.99. The fourth-order valence-corrected chi connectivity index (χ4v) is 2.23. The fourth-order valence-electron chi connectivity index (χ4n) is 2.23. The number of para-hydroxylation sites is 1. The van der Waals surface area contributed by atoms with Crippen LogP contribution in [0.25, 0.3) is 10.9 Å². The minimum absolute atomic E-state index is 0.0584. The van der Waals surface area contributed by atoms with Gasteiger partial charge in [0.25, 0.3) is 0 Å². The molecule has 0 saturated carbocycles. The van der Waals surface area contributed by atoms with Gasteiger partial charge in [0.05, 0.1) is 12.8 Å². The molecule has 1 aromatic carbocycles. The van der Waals surface area contributed by atoms with Gasteiger partial charge in [-0.1, -0.05) is 12.1 Å². The summed E-state index contributed by atoms with van der Waals surface area (Å²) >= 11 is 0. The molecule has 0 aliphatic heterocycles. The van der Waals surface area contributed by atoms with Crippen molar-refractivity contribution < 1.29 is 14.6 Å². The first-order chi connectivity index (χ1) is 9.04. The van der Waals surface area contributed by atoms with Gasteiger partial charge in [0, 0.05) is 18.6 Å². The SMILES string of the molecule is COc1cccc2c(N(C)CC(=O)O)c(C)cnc12. The number of methoxy groups -OCH3 is 1. The maximum absolute atomic E-state index is 10.9. The number of rotatable bonds is 4. The quantitative estimate of drug-likeness (QED) is 0.911. The van der Waals surface area contributed by atoms with Gasteiger partial charge in [-0.2, -0.15) is 0 Å². The number of hydrogen-bond acceptors (Lipinski definition) is 4. The first-order valence-corrected chi connectivity index (χ1v) is 5.90. The summed E-state index contributed by atoms with van der Waals surface area (Å²) in [5.74, 6) is -0.183. The zero-order chi connectivity index (χ0) is 14.0. The molecule has 1 N–H and O–H groups in total. The van der Waals surface area contributed by atoms with Crippen molar-refractivity contribution in [2.75, 3.05) is 25.6 Å². The number of benzene rings is 1. The Kier molecular flexibility index (Phi) is 3.55. The summed E-state index contributed by atoms with van der Waals surface area (Å²) in [6, 6.07) is 5.64. The lowest BCUT2D eigenvalue weighted by molar-refractivity contribution is -0.135. The summed E-state index contributed by atoms with van der Waals surface area (Å²) in [6.45, 7) is 1.86. The molecule has 0 bridgehead atoms. The van der Waals surface area contributed by atoms with E-state index in [1.165, 1.54) is 0 Å². The molecular formula is C14H16N2O3. The largest absolute Gasteiger partial charge is 0.494 e. The second-order valence-corrected chi connectivity index (χ2v) is 4.40. The van der Waals surface area contributed by atoms with Crippen molar-refractivity contribution >= 4 is 22.6 Å². The maximum Gasteiger partial charge on any atom is 0.323 e. The first-order valence-electron chi connectivity index (χ1n) is 5.90. The molecule has 2 rings (SSSR count). The molecule has 0 fully saturated rings. The van der Waals surface area contributed by atoms with Crippen LogP contribution in [0.5, 0.6) is 5.75 Å². The lowest BCUT2D eigenvalue weighted by Gasteiger charge is -2.21. The lowest BCUT2D eigenvalue weighted by atomic mass is 10.1. The number of carbonyl (C=O) groups is 1. The summed E-state index contributed by atoms with van der Waals surface area (Å²) in [6.07, 6.45) is 1.73. The highest BCUT2D eigenvalue weighted by atomic mass is 16.5. The van der Waals surface area contributed by atoms with Crippen molar-refractivity contribution in [1.82, 2.24) is 4.98 Å². The number of nitrogens with zero attached hydrogens (tertiary/aromatic N) is 2. The second-order valence-electron chi connectivity index (χ2n) is 4.40. The van der Waals surface area contributed by atoms with Crippen LogP contribution in [0.2, 0.25) is 0 Å². The summed E-state index contributed by atoms with van der Waals surface area (Å²) in [4.78, 5) is 17.0. The second kappa shape index (κ2) is 5.14. The Morgan fingerprint density at radius 2 is 2.21 bits per heavy atom. The Labute approximate surface area is 111 Å². The third kappa shape index (κ3) is 2.45. The standard InChI is InChI=1S/C14H16N2O3/c1-9-7-15-13-10(5-4-6-11(13)19-3)14(9)16(2)8-12(17)18/h4-7H,8H2,1-3H3,(H,17,18). The van der Waals surface area contributed by atoms with E-state index in [-0.39, 0.29) is 6.54 Å². The van der Waals surface area contributed by atoms with Crippen LogP contribution >= 0.6 is 0 Å². The van der Waals surface area contributed by atoms with Crippen LogP contribution in [0, 0.1) is 6.92 Å². The number of likely N-dealkylation sites (N-methyl/N-ethyl adjacent to an activating group) is 1. The molecule has 5 nitrogen and oxygen atoms in total. The van der Waals surface area contributed by atoms with E-state index in [1.807, 2.05) is 25.1 Å². The van der Waals surface area contributed by atoms with Crippen LogP contribution in [-0.4, -0.2) is 36.8 Å². The molecule has 2 aromatic rings. The number of hydrogen-bond donors (Lipinski definition) is 1. The molecule has 100 valence electrons. The Bertz CT molecular complexity index is 625. The van der Waals surface area contributed by atoms with Crippen LogP contribution < -0.4 is 9.64 Å². The van der Waals surface area contributed by atoms with Gasteiger partial charge in [-0.15, -0.1) is 0 Å². The number of aliphatic carboxylic acids is 1. The smallest absolute Gasteiger partial charge is 0.323 e. The van der Waals surface area contributed by atoms with Crippen LogP contribution in [0.4, 0.5) is 5.69 Å². The zero-order valence-electron chi connectivity index (χ0n) is 11.2. The number of fused-ring (bicyclic) bond motifs is 1. The van der Waals surface area contributed by atoms with E-state index in [0.29, 0.717) is 5.75 Å². The number of aryl methyl sites for hydroxylation is 1. The van der Waals surface area contributed by atoms with E-state index >= 15 is 0 Å². The molecule has 0 unspecified atom stereocenters. The van der Waals surface area contributed by atoms with Gasteiger partial charge >= 0.3 is 5.97 Å². The average Bonchev–Trinajstić information content (AvgIpc) is 2.36. The molecule has 0 aliphatic rings. The Hall–Kier alpha value is -2.30. The zero-order valence-corrected chi connectivity index (χ0v) is 11.2. The average molecular weight is 260 g/mol. The summed E-state index contributed by atoms with van der Waals surface area (Å²) in [7, 11) is 3.35. The van der Waals surface area contributed by atoms with Crippen molar-refractivity contribution in [2.24, 2.45) is 0 Å². The number of anilines is 1. The normalized spacial score (nSPS) is 10.5. The van der Waals surface area contributed by atoms with E-state index < -0.39 is 5.97 Å². The molecular weight excluding hydrogens is 244 g/mol. The number of pyridine rings is 1. The van der Waals surface area contributed by atoms with E-state index in [9.17, 15) is 4.79 Å². The maximum atomic E-state index is 10.9. The predicted molar refractivity (Wildman–Crippen MR) is 73.9 cm³/mol. The minimum Gasteiger partial charge on any atom is -0.494 e. The van der Waals surface area contributed by atoms with Gasteiger partial charge in [0.2, 0.25) is 0 Å². The van der Waals surface area contributed by atoms with E-state index in [2.05, 4.69) is 4.98 Å². The number of carboxylic acid groups (broad SMARTS) is 1. The van der Waals surface area contributed by atoms with Crippen LogP contribution in [0.15, 0.2) is 24.4 Å². The molecule has 0 saturated heterocycles. The number of ether oxygens (including phenoxy) is 1. The van der Waals surface area contributed by atoms with Crippen LogP contribution in [0.3, 0.4) is 0 Å². The van der Waals surface area contributed by atoms with E-state index in [0.717, 1.165) is 22.2 Å². The predicted octanol–water partition coefficient (Wildman–Crippen LogP) is 2.07. The summed E-state index contributed by atoms with van der Waals surface area (Å²) in [5, 5.41) is 9.82. The molecule has 0 radical (unpaired) electrons. The molecule has 0 atom stereocenters. The van der Waals surface area contributed by atoms with Crippen molar-refractivity contribution in [3.63, 3.8) is 0 Å². The molecule has 1 aromatic heterocycles. The molecule has 0 aliphatic carbocycles. The van der Waals surface area contributed by atoms with Crippen LogP contribution in [0.1, 0.15) is 5.56 Å². The molecule has 0 spiro atoms. The molecule has 1 heterocycles. The van der Waals surface area contributed by atoms with E-state index in [1.54, 1.807) is 25.3 Å². The van der Waals surface area contributed by atoms with Crippen molar-refractivity contribution in [3.05, 3.63) is 30.0 Å². The Morgan fingerprint density at radius 3 is 2.84 bits per heavy atom. The van der Waals surface area contributed by atoms with Gasteiger partial charge in [0.1, 0.15) is 17.8 Å². The topological polar surface area (TPSA) is 62.7 Å². The third-order valence-electron chi connectivity index (χ3n) is 2.99. The minimum atomic E-state index is -0.866. The highest BCUT2D eigenvalue weighted by Crippen LogP contribution is 2.32. The first kappa shape index (κ1) is 13.1. The van der Waals surface area contributed by atoms with Crippen LogP contribution in [-0.2, 0) is 4.79 Å². The van der Waals surface area contributed by atoms with Gasteiger partial charge in [-0.3, -0.25) is 9.78 Å². The van der Waals surface area contributed by atoms with Gasteiger partial charge < -0.3 is 14.7 Å². The molecule has 5 heteroatoms. The molecule has 19 heavy (non-hydrogen) atoms. The van der Waals surface area contributed by atoms with E-state index in [4.69, 9.17) is 9.84 Å². The van der Waals surface area contributed by atoms with Gasteiger partial charge in [-0.05, 0) is 18.6 Å². The number of carboxylic acids is 1. The van der Waals surface area contributed by atoms with Gasteiger partial charge in [0.15, 0.2) is 0 Å². The van der Waals surface area contributed by atoms with Crippen molar-refractivity contribution in [2.45, 2.75) is 6.92 Å². The molecule has 0 amide bonds. The fraction of sp³-hybridized carbons (Fsp3) is 0.286. The monoisotopic (exact) mass is 260 g/mol. The summed E-state index contributed by atoms with van der Waals surface area (Å²) in [5.41, 5.74) is 2.54. The van der Waals surface area contributed by atoms with Gasteiger partial charge in [-0.25, -0.2) is 0 Å². The highest BCUT2D eigenvalue weighted by Gasteiger charge is 2.14. The Balaban J connectivity index is 2.65. The summed E-state index contributed by atoms with van der Waals surface area (Å²) < 4.78 is 5.29. The van der Waals surface area contributed by atoms with Crippen molar-refractivity contribution in [1.29, 1.82) is 0 Å². The Morgan fingerprint density at radius 1 is 1.47 bits per heavy atom. The van der Waals surface area contributed by atoms with Crippen molar-refractivity contribution in [3.8, 4) is 5.75 Å².